The molecule has 1 aliphatic heterocycles. The number of anilines is 1. The van der Waals surface area contributed by atoms with Gasteiger partial charge >= 0.3 is 0 Å². The van der Waals surface area contributed by atoms with E-state index < -0.39 is 15.8 Å². The van der Waals surface area contributed by atoms with Crippen LogP contribution in [0.3, 0.4) is 0 Å². The van der Waals surface area contributed by atoms with Crippen molar-refractivity contribution in [1.29, 1.82) is 0 Å². The van der Waals surface area contributed by atoms with Gasteiger partial charge in [0.1, 0.15) is 5.82 Å². The Kier molecular flexibility index (Phi) is 8.10. The van der Waals surface area contributed by atoms with E-state index in [1.54, 1.807) is 4.90 Å². The first-order valence-corrected chi connectivity index (χ1v) is 12.2. The average molecular weight is 483 g/mol. The highest BCUT2D eigenvalue weighted by Crippen LogP contribution is 2.23. The molecule has 1 fully saturated rings. The Balaban J connectivity index is 1.48. The number of carbonyl (C=O) groups is 1. The van der Waals surface area contributed by atoms with E-state index in [1.165, 1.54) is 10.4 Å². The third-order valence-corrected chi connectivity index (χ3v) is 7.72. The molecule has 1 heterocycles. The highest BCUT2D eigenvalue weighted by Gasteiger charge is 2.30. The first-order chi connectivity index (χ1) is 15.2. The van der Waals surface area contributed by atoms with Crippen molar-refractivity contribution in [3.63, 3.8) is 0 Å². The molecule has 1 saturated heterocycles. The monoisotopic (exact) mass is 482 g/mol. The van der Waals surface area contributed by atoms with E-state index in [1.807, 2.05) is 49.3 Å². The third kappa shape index (κ3) is 5.98. The van der Waals surface area contributed by atoms with Crippen molar-refractivity contribution in [2.45, 2.75) is 4.90 Å². The molecule has 0 unspecified atom stereocenters. The molecule has 2 aromatic rings. The summed E-state index contributed by atoms with van der Waals surface area (Å²) in [6, 6.07) is 13.4. The van der Waals surface area contributed by atoms with Crippen LogP contribution in [0, 0.1) is 5.82 Å². The minimum Gasteiger partial charge on any atom is -0.373 e. The van der Waals surface area contributed by atoms with E-state index in [0.717, 1.165) is 30.9 Å². The summed E-state index contributed by atoms with van der Waals surface area (Å²) in [4.78, 5) is 18.4. The van der Waals surface area contributed by atoms with Crippen molar-refractivity contribution >= 4 is 33.2 Å². The normalized spacial score (nSPS) is 15.2. The van der Waals surface area contributed by atoms with Gasteiger partial charge in [-0.1, -0.05) is 29.8 Å². The van der Waals surface area contributed by atoms with Gasteiger partial charge in [-0.05, 0) is 37.4 Å². The van der Waals surface area contributed by atoms with Gasteiger partial charge in [-0.3, -0.25) is 9.69 Å². The quantitative estimate of drug-likeness (QED) is 0.578. The minimum atomic E-state index is -3.79. The zero-order valence-corrected chi connectivity index (χ0v) is 19.8. The summed E-state index contributed by atoms with van der Waals surface area (Å²) in [6.45, 7) is 2.75. The molecule has 1 aliphatic rings. The summed E-state index contributed by atoms with van der Waals surface area (Å²) >= 11 is 5.73. The van der Waals surface area contributed by atoms with Gasteiger partial charge in [0.2, 0.25) is 15.9 Å². The molecule has 0 aliphatic carbocycles. The molecule has 10 heteroatoms. The molecule has 2 aromatic carbocycles. The summed E-state index contributed by atoms with van der Waals surface area (Å²) in [7, 11) is 0.122. The zero-order valence-electron chi connectivity index (χ0n) is 18.2. The van der Waals surface area contributed by atoms with Crippen molar-refractivity contribution in [3.8, 4) is 0 Å². The number of rotatable bonds is 8. The standard InChI is InChI=1S/C22H28ClFN4O3S/c1-25(10-11-26(2)18-6-4-3-5-7-18)17-22(29)27-12-14-28(15-13-27)32(30,31)19-8-9-21(24)20(23)16-19/h3-9,16H,10-15,17H2,1-2H3. The number of hydrogen-bond donors (Lipinski definition) is 0. The van der Waals surface area contributed by atoms with E-state index in [2.05, 4.69) is 4.90 Å². The number of amides is 1. The molecule has 0 N–H and O–H groups in total. The Labute approximate surface area is 194 Å². The number of para-hydroxylation sites is 1. The second-order valence-electron chi connectivity index (χ2n) is 7.86. The average Bonchev–Trinajstić information content (AvgIpc) is 2.79. The van der Waals surface area contributed by atoms with Crippen LogP contribution in [-0.4, -0.2) is 88.3 Å². The number of halogens is 2. The van der Waals surface area contributed by atoms with Crippen molar-refractivity contribution in [2.24, 2.45) is 0 Å². The van der Waals surface area contributed by atoms with Crippen LogP contribution in [0.15, 0.2) is 53.4 Å². The predicted molar refractivity (Wildman–Crippen MR) is 124 cm³/mol. The Morgan fingerprint density at radius 1 is 1.03 bits per heavy atom. The van der Waals surface area contributed by atoms with Crippen LogP contribution in [0.2, 0.25) is 5.02 Å². The minimum absolute atomic E-state index is 0.0308. The van der Waals surface area contributed by atoms with Crippen LogP contribution in [0.5, 0.6) is 0 Å². The highest BCUT2D eigenvalue weighted by atomic mass is 35.5. The molecule has 32 heavy (non-hydrogen) atoms. The first-order valence-electron chi connectivity index (χ1n) is 10.4. The molecule has 0 atom stereocenters. The summed E-state index contributed by atoms with van der Waals surface area (Å²) in [6.07, 6.45) is 0. The van der Waals surface area contributed by atoms with Crippen LogP contribution >= 0.6 is 11.6 Å². The molecular weight excluding hydrogens is 455 g/mol. The van der Waals surface area contributed by atoms with Gasteiger partial charge in [-0.15, -0.1) is 0 Å². The van der Waals surface area contributed by atoms with Gasteiger partial charge in [-0.25, -0.2) is 12.8 Å². The van der Waals surface area contributed by atoms with Gasteiger partial charge < -0.3 is 9.80 Å². The SMILES string of the molecule is CN(CCN(C)c1ccccc1)CC(=O)N1CCN(S(=O)(=O)c2ccc(F)c(Cl)c2)CC1. The van der Waals surface area contributed by atoms with E-state index in [9.17, 15) is 17.6 Å². The van der Waals surface area contributed by atoms with E-state index in [-0.39, 0.29) is 35.5 Å². The Morgan fingerprint density at radius 3 is 2.31 bits per heavy atom. The van der Waals surface area contributed by atoms with E-state index >= 15 is 0 Å². The Hall–Kier alpha value is -2.20. The summed E-state index contributed by atoms with van der Waals surface area (Å²) < 4.78 is 40.3. The van der Waals surface area contributed by atoms with E-state index in [0.29, 0.717) is 13.1 Å². The zero-order chi connectivity index (χ0) is 23.3. The van der Waals surface area contributed by atoms with Crippen molar-refractivity contribution < 1.29 is 17.6 Å². The summed E-state index contributed by atoms with van der Waals surface area (Å²) in [5.41, 5.74) is 1.12. The Bertz CT molecular complexity index is 1030. The van der Waals surface area contributed by atoms with Crippen molar-refractivity contribution in [3.05, 3.63) is 59.4 Å². The van der Waals surface area contributed by atoms with Gasteiger partial charge in [-0.2, -0.15) is 4.31 Å². The largest absolute Gasteiger partial charge is 0.373 e. The van der Waals surface area contributed by atoms with Gasteiger partial charge in [0, 0.05) is 52.0 Å². The fraction of sp³-hybridized carbons (Fsp3) is 0.409. The highest BCUT2D eigenvalue weighted by molar-refractivity contribution is 7.89. The third-order valence-electron chi connectivity index (χ3n) is 5.54. The second kappa shape index (κ2) is 10.6. The number of likely N-dealkylation sites (N-methyl/N-ethyl adjacent to an activating group) is 2. The number of sulfonamides is 1. The number of hydrogen-bond acceptors (Lipinski definition) is 5. The number of nitrogens with zero attached hydrogens (tertiary/aromatic N) is 4. The Morgan fingerprint density at radius 2 is 1.69 bits per heavy atom. The molecule has 0 saturated carbocycles. The lowest BCUT2D eigenvalue weighted by Crippen LogP contribution is -2.52. The number of piperazine rings is 1. The number of benzene rings is 2. The molecule has 3 rings (SSSR count). The topological polar surface area (TPSA) is 64.2 Å². The van der Waals surface area contributed by atoms with Crippen LogP contribution in [0.1, 0.15) is 0 Å². The lowest BCUT2D eigenvalue weighted by molar-refractivity contribution is -0.133. The van der Waals surface area contributed by atoms with E-state index in [4.69, 9.17) is 11.6 Å². The van der Waals surface area contributed by atoms with Gasteiger partial charge in [0.25, 0.3) is 0 Å². The molecule has 0 bridgehead atoms. The molecule has 0 aromatic heterocycles. The molecule has 0 radical (unpaired) electrons. The van der Waals surface area contributed by atoms with Gasteiger partial charge in [0.15, 0.2) is 0 Å². The predicted octanol–water partition coefficient (Wildman–Crippen LogP) is 2.38. The maximum Gasteiger partial charge on any atom is 0.243 e. The molecule has 1 amide bonds. The maximum atomic E-state index is 13.4. The second-order valence-corrected chi connectivity index (χ2v) is 10.2. The van der Waals surface area contributed by atoms with Crippen LogP contribution in [0.25, 0.3) is 0 Å². The van der Waals surface area contributed by atoms with Crippen LogP contribution in [0.4, 0.5) is 10.1 Å². The smallest absolute Gasteiger partial charge is 0.243 e. The fourth-order valence-electron chi connectivity index (χ4n) is 3.51. The van der Waals surface area contributed by atoms with Crippen molar-refractivity contribution in [2.75, 3.05) is 64.8 Å². The first kappa shape index (κ1) is 24.4. The summed E-state index contributed by atoms with van der Waals surface area (Å²) in [5.74, 6) is -0.697. The molecule has 174 valence electrons. The van der Waals surface area contributed by atoms with Crippen LogP contribution in [-0.2, 0) is 14.8 Å². The molecule has 7 nitrogen and oxygen atoms in total. The number of carbonyl (C=O) groups excluding carboxylic acids is 1. The lowest BCUT2D eigenvalue weighted by atomic mass is 10.3. The lowest BCUT2D eigenvalue weighted by Gasteiger charge is -2.35. The van der Waals surface area contributed by atoms with Crippen molar-refractivity contribution in [1.82, 2.24) is 14.1 Å². The van der Waals surface area contributed by atoms with Crippen LogP contribution < -0.4 is 4.90 Å². The summed E-state index contributed by atoms with van der Waals surface area (Å²) in [5, 5.41) is -0.235. The van der Waals surface area contributed by atoms with Gasteiger partial charge in [0.05, 0.1) is 16.5 Å². The maximum absolute atomic E-state index is 13.4. The molecular formula is C22H28ClFN4O3S. The molecule has 0 spiro atoms. The fourth-order valence-corrected chi connectivity index (χ4v) is 5.20.